The predicted octanol–water partition coefficient (Wildman–Crippen LogP) is 0.852. The van der Waals surface area contributed by atoms with E-state index >= 15 is 0 Å². The van der Waals surface area contributed by atoms with Crippen LogP contribution in [0.1, 0.15) is 12.5 Å². The number of fused-ring (bicyclic) bond motifs is 1. The topological polar surface area (TPSA) is 74.7 Å². The Kier molecular flexibility index (Phi) is 2.82. The highest BCUT2D eigenvalue weighted by atomic mass is 32.2. The third-order valence-electron chi connectivity index (χ3n) is 2.95. The van der Waals surface area contributed by atoms with Crippen molar-refractivity contribution in [1.82, 2.24) is 0 Å². The molecule has 0 saturated carbocycles. The summed E-state index contributed by atoms with van der Waals surface area (Å²) < 4.78 is 25.4. The van der Waals surface area contributed by atoms with Crippen molar-refractivity contribution in [2.45, 2.75) is 18.6 Å². The van der Waals surface area contributed by atoms with Crippen molar-refractivity contribution in [2.24, 2.45) is 0 Å². The first kappa shape index (κ1) is 11.9. The molecule has 0 aromatic heterocycles. The molecule has 0 spiro atoms. The molecule has 1 aliphatic rings. The number of carbonyl (C=O) groups is 1. The van der Waals surface area contributed by atoms with Crippen molar-refractivity contribution in [3.63, 3.8) is 0 Å². The number of para-hydroxylation sites is 1. The molecule has 1 atom stereocenters. The maximum Gasteiger partial charge on any atom is 0.323 e. The monoisotopic (exact) mass is 255 g/mol. The fraction of sp³-hybridized carbons (Fsp3) is 0.364. The quantitative estimate of drug-likeness (QED) is 0.869. The molecule has 2 rings (SSSR count). The van der Waals surface area contributed by atoms with E-state index in [4.69, 9.17) is 5.11 Å². The molecule has 0 saturated heterocycles. The third kappa shape index (κ3) is 1.88. The first-order valence-corrected chi connectivity index (χ1v) is 6.77. The standard InChI is InChI=1S/C11H13NO4S/c1-8(11(13)14)17(15,16)12-7-6-9-4-2-3-5-10(9)12/h2-5,8H,6-7H2,1H3,(H,13,14). The zero-order valence-corrected chi connectivity index (χ0v) is 10.1. The normalized spacial score (nSPS) is 16.6. The Bertz CT molecular complexity index is 552. The number of anilines is 1. The van der Waals surface area contributed by atoms with Crippen LogP contribution in [0.25, 0.3) is 0 Å². The summed E-state index contributed by atoms with van der Waals surface area (Å²) in [6.07, 6.45) is 0.627. The molecule has 1 aliphatic heterocycles. The van der Waals surface area contributed by atoms with E-state index in [1.54, 1.807) is 12.1 Å². The fourth-order valence-corrected chi connectivity index (χ4v) is 3.33. The van der Waals surface area contributed by atoms with Crippen LogP contribution in [0, 0.1) is 0 Å². The number of benzene rings is 1. The number of rotatable bonds is 3. The van der Waals surface area contributed by atoms with Crippen LogP contribution >= 0.6 is 0 Å². The summed E-state index contributed by atoms with van der Waals surface area (Å²) in [6.45, 7) is 1.51. The van der Waals surface area contributed by atoms with Crippen LogP contribution in [0.5, 0.6) is 0 Å². The van der Waals surface area contributed by atoms with E-state index in [2.05, 4.69) is 0 Å². The first-order chi connectivity index (χ1) is 7.94. The lowest BCUT2D eigenvalue weighted by Gasteiger charge is -2.21. The van der Waals surface area contributed by atoms with Gasteiger partial charge in [-0.05, 0) is 25.0 Å². The van der Waals surface area contributed by atoms with E-state index in [9.17, 15) is 13.2 Å². The summed E-state index contributed by atoms with van der Waals surface area (Å²) in [5.41, 5.74) is 1.54. The van der Waals surface area contributed by atoms with Crippen molar-refractivity contribution in [1.29, 1.82) is 0 Å². The zero-order valence-electron chi connectivity index (χ0n) is 9.33. The van der Waals surface area contributed by atoms with Gasteiger partial charge in [0, 0.05) is 6.54 Å². The van der Waals surface area contributed by atoms with Crippen LogP contribution in [-0.4, -0.2) is 31.3 Å². The van der Waals surface area contributed by atoms with Gasteiger partial charge < -0.3 is 5.11 Å². The van der Waals surface area contributed by atoms with Crippen molar-refractivity contribution >= 4 is 21.7 Å². The van der Waals surface area contributed by atoms with Crippen molar-refractivity contribution in [3.05, 3.63) is 29.8 Å². The average molecular weight is 255 g/mol. The molecule has 1 N–H and O–H groups in total. The maximum absolute atomic E-state index is 12.1. The number of nitrogens with zero attached hydrogens (tertiary/aromatic N) is 1. The molecule has 1 unspecified atom stereocenters. The molecular formula is C11H13NO4S. The van der Waals surface area contributed by atoms with Crippen molar-refractivity contribution in [3.8, 4) is 0 Å². The molecule has 0 aliphatic carbocycles. The van der Waals surface area contributed by atoms with Gasteiger partial charge in [0.15, 0.2) is 5.25 Å². The second kappa shape index (κ2) is 4.03. The zero-order chi connectivity index (χ0) is 12.6. The molecule has 6 heteroatoms. The van der Waals surface area contributed by atoms with Gasteiger partial charge in [-0.3, -0.25) is 9.10 Å². The van der Waals surface area contributed by atoms with Crippen molar-refractivity contribution < 1.29 is 18.3 Å². The second-order valence-electron chi connectivity index (χ2n) is 3.98. The fourth-order valence-electron chi connectivity index (χ4n) is 1.89. The SMILES string of the molecule is CC(C(=O)O)S(=O)(=O)N1CCc2ccccc21. The van der Waals surface area contributed by atoms with Crippen molar-refractivity contribution in [2.75, 3.05) is 10.8 Å². The van der Waals surface area contributed by atoms with Gasteiger partial charge in [0.1, 0.15) is 0 Å². The Balaban J connectivity index is 2.41. The minimum absolute atomic E-state index is 0.319. The van der Waals surface area contributed by atoms with E-state index in [1.165, 1.54) is 11.2 Å². The Morgan fingerprint density at radius 2 is 2.06 bits per heavy atom. The Morgan fingerprint density at radius 3 is 2.71 bits per heavy atom. The second-order valence-corrected chi connectivity index (χ2v) is 6.15. The summed E-state index contributed by atoms with van der Waals surface area (Å²) >= 11 is 0. The van der Waals surface area contributed by atoms with E-state index in [0.717, 1.165) is 5.56 Å². The van der Waals surface area contributed by atoms with E-state index < -0.39 is 21.2 Å². The van der Waals surface area contributed by atoms with Crippen LogP contribution in [0.15, 0.2) is 24.3 Å². The lowest BCUT2D eigenvalue weighted by Crippen LogP contribution is -2.40. The average Bonchev–Trinajstić information content (AvgIpc) is 2.72. The maximum atomic E-state index is 12.1. The van der Waals surface area contributed by atoms with Gasteiger partial charge in [-0.2, -0.15) is 0 Å². The molecule has 0 radical (unpaired) electrons. The molecule has 0 fully saturated rings. The number of hydrogen-bond acceptors (Lipinski definition) is 3. The highest BCUT2D eigenvalue weighted by Gasteiger charge is 2.37. The van der Waals surface area contributed by atoms with E-state index in [-0.39, 0.29) is 0 Å². The Hall–Kier alpha value is -1.56. The van der Waals surface area contributed by atoms with Gasteiger partial charge in [-0.1, -0.05) is 18.2 Å². The van der Waals surface area contributed by atoms with Gasteiger partial charge in [0.25, 0.3) is 0 Å². The highest BCUT2D eigenvalue weighted by molar-refractivity contribution is 7.94. The number of sulfonamides is 1. The third-order valence-corrected chi connectivity index (χ3v) is 5.04. The Labute approximate surface area is 99.7 Å². The first-order valence-electron chi connectivity index (χ1n) is 5.27. The lowest BCUT2D eigenvalue weighted by molar-refractivity contribution is -0.136. The summed E-state index contributed by atoms with van der Waals surface area (Å²) in [4.78, 5) is 10.8. The van der Waals surface area contributed by atoms with Crippen LogP contribution in [0.2, 0.25) is 0 Å². The Morgan fingerprint density at radius 1 is 1.41 bits per heavy atom. The summed E-state index contributed by atoms with van der Waals surface area (Å²) in [6, 6.07) is 7.15. The van der Waals surface area contributed by atoms with Gasteiger partial charge in [0.05, 0.1) is 5.69 Å². The van der Waals surface area contributed by atoms with Gasteiger partial charge in [0.2, 0.25) is 10.0 Å². The molecular weight excluding hydrogens is 242 g/mol. The number of carboxylic acid groups (broad SMARTS) is 1. The molecule has 1 heterocycles. The van der Waals surface area contributed by atoms with Gasteiger partial charge in [-0.25, -0.2) is 8.42 Å². The molecule has 92 valence electrons. The largest absolute Gasteiger partial charge is 0.480 e. The summed E-state index contributed by atoms with van der Waals surface area (Å²) in [5.74, 6) is -1.32. The molecule has 0 amide bonds. The summed E-state index contributed by atoms with van der Waals surface area (Å²) in [5, 5.41) is 7.40. The summed E-state index contributed by atoms with van der Waals surface area (Å²) in [7, 11) is -3.82. The minimum atomic E-state index is -3.82. The van der Waals surface area contributed by atoms with E-state index in [1.807, 2.05) is 12.1 Å². The van der Waals surface area contributed by atoms with Crippen LogP contribution < -0.4 is 4.31 Å². The number of aliphatic carboxylic acids is 1. The molecule has 1 aromatic carbocycles. The highest BCUT2D eigenvalue weighted by Crippen LogP contribution is 2.31. The van der Waals surface area contributed by atoms with Crippen LogP contribution in [0.3, 0.4) is 0 Å². The van der Waals surface area contributed by atoms with Gasteiger partial charge >= 0.3 is 5.97 Å². The van der Waals surface area contributed by atoms with Crippen LogP contribution in [-0.2, 0) is 21.2 Å². The lowest BCUT2D eigenvalue weighted by atomic mass is 10.2. The molecule has 0 bridgehead atoms. The molecule has 1 aromatic rings. The molecule has 5 nitrogen and oxygen atoms in total. The predicted molar refractivity (Wildman–Crippen MR) is 63.5 cm³/mol. The smallest absolute Gasteiger partial charge is 0.323 e. The minimum Gasteiger partial charge on any atom is -0.480 e. The molecule has 17 heavy (non-hydrogen) atoms. The number of hydrogen-bond donors (Lipinski definition) is 1. The van der Waals surface area contributed by atoms with Gasteiger partial charge in [-0.15, -0.1) is 0 Å². The van der Waals surface area contributed by atoms with E-state index in [0.29, 0.717) is 18.7 Å². The van der Waals surface area contributed by atoms with Crippen LogP contribution in [0.4, 0.5) is 5.69 Å². The number of carboxylic acids is 1.